The standard InChI is InChI=1S/C21H25N3O5S2/c1-21(2)14-9-7-10(15(14)30-17-16(21)31-20(28)22-17)13-12(9)18(26)24(19(13)27)8-11(25)23-3-5-29-6-4-23/h9-10,12-15H,3-8H2,1-2H3,(H,22,28)/t9-,10-,12-,13-,14+,15+/m1/s1. The van der Waals surface area contributed by atoms with Crippen LogP contribution in [0.15, 0.2) is 9.82 Å². The quantitative estimate of drug-likeness (QED) is 0.655. The van der Waals surface area contributed by atoms with Crippen molar-refractivity contribution in [2.45, 2.75) is 36.0 Å². The number of carbonyl (C=O) groups excluding carboxylic acids is 3. The maximum absolute atomic E-state index is 13.4. The Morgan fingerprint density at radius 2 is 1.81 bits per heavy atom. The summed E-state index contributed by atoms with van der Waals surface area (Å²) in [5, 5.41) is 1.15. The van der Waals surface area contributed by atoms with Crippen molar-refractivity contribution in [1.29, 1.82) is 0 Å². The minimum Gasteiger partial charge on any atom is -0.378 e. The Morgan fingerprint density at radius 1 is 1.13 bits per heavy atom. The van der Waals surface area contributed by atoms with Gasteiger partial charge in [0.1, 0.15) is 6.54 Å². The molecule has 31 heavy (non-hydrogen) atoms. The Balaban J connectivity index is 1.29. The number of rotatable bonds is 2. The summed E-state index contributed by atoms with van der Waals surface area (Å²) >= 11 is 2.96. The second kappa shape index (κ2) is 6.68. The lowest BCUT2D eigenvalue weighted by atomic mass is 9.64. The largest absolute Gasteiger partial charge is 0.378 e. The second-order valence-electron chi connectivity index (χ2n) is 9.87. The number of ether oxygens (including phenoxy) is 1. The first-order valence-corrected chi connectivity index (χ1v) is 12.6. The Hall–Kier alpha value is -1.65. The molecule has 0 unspecified atom stereocenters. The number of hydrogen-bond donors (Lipinski definition) is 1. The van der Waals surface area contributed by atoms with Crippen LogP contribution in [0.5, 0.6) is 0 Å². The van der Waals surface area contributed by atoms with Crippen molar-refractivity contribution >= 4 is 40.8 Å². The first kappa shape index (κ1) is 20.0. The molecule has 6 atom stereocenters. The SMILES string of the molecule is CC1(C)c2sc(=O)[nH]c2S[C@H]2[C@@H]3C[C@H]([C@H]4C(=O)N(CC(=O)N5CCOCC5)C(=O)[C@H]34)[C@@H]21. The number of amides is 3. The average Bonchev–Trinajstić information content (AvgIpc) is 3.47. The molecule has 6 rings (SSSR count). The molecular weight excluding hydrogens is 438 g/mol. The van der Waals surface area contributed by atoms with Gasteiger partial charge in [-0.3, -0.25) is 24.1 Å². The zero-order valence-electron chi connectivity index (χ0n) is 17.5. The number of thiazole rings is 1. The monoisotopic (exact) mass is 463 g/mol. The van der Waals surface area contributed by atoms with Crippen molar-refractivity contribution < 1.29 is 19.1 Å². The van der Waals surface area contributed by atoms with Crippen molar-refractivity contribution in [3.05, 3.63) is 14.5 Å². The molecule has 2 saturated carbocycles. The van der Waals surface area contributed by atoms with E-state index in [1.54, 1.807) is 16.7 Å². The summed E-state index contributed by atoms with van der Waals surface area (Å²) in [6.07, 6.45) is 0.878. The average molecular weight is 464 g/mol. The van der Waals surface area contributed by atoms with Gasteiger partial charge in [0.05, 0.1) is 30.1 Å². The summed E-state index contributed by atoms with van der Waals surface area (Å²) in [7, 11) is 0. The Labute approximate surface area is 187 Å². The molecule has 3 aliphatic heterocycles. The van der Waals surface area contributed by atoms with E-state index in [-0.39, 0.29) is 69.4 Å². The summed E-state index contributed by atoms with van der Waals surface area (Å²) in [4.78, 5) is 58.4. The van der Waals surface area contributed by atoms with Crippen LogP contribution >= 0.6 is 23.1 Å². The molecule has 5 aliphatic rings. The molecule has 1 aromatic heterocycles. The zero-order valence-corrected chi connectivity index (χ0v) is 19.1. The number of H-pyrrole nitrogens is 1. The highest BCUT2D eigenvalue weighted by atomic mass is 32.2. The van der Waals surface area contributed by atoms with E-state index in [4.69, 9.17) is 4.74 Å². The number of nitrogens with one attached hydrogen (secondary N) is 1. The van der Waals surface area contributed by atoms with Crippen LogP contribution in [-0.4, -0.2) is 70.6 Å². The van der Waals surface area contributed by atoms with Gasteiger partial charge >= 0.3 is 4.87 Å². The summed E-state index contributed by atoms with van der Waals surface area (Å²) in [6.45, 7) is 6.17. The Bertz CT molecular complexity index is 1040. The smallest absolute Gasteiger partial charge is 0.305 e. The maximum Gasteiger partial charge on any atom is 0.305 e. The first-order chi connectivity index (χ1) is 14.8. The van der Waals surface area contributed by atoms with Crippen molar-refractivity contribution in [2.24, 2.45) is 29.6 Å². The zero-order chi connectivity index (χ0) is 21.7. The van der Waals surface area contributed by atoms with Gasteiger partial charge in [-0.2, -0.15) is 0 Å². The minimum atomic E-state index is -0.327. The molecule has 1 aromatic rings. The number of imide groups is 1. The molecule has 0 spiro atoms. The van der Waals surface area contributed by atoms with Crippen LogP contribution in [-0.2, 0) is 24.5 Å². The molecule has 3 amide bonds. The van der Waals surface area contributed by atoms with Crippen LogP contribution in [0.3, 0.4) is 0 Å². The van der Waals surface area contributed by atoms with E-state index in [9.17, 15) is 19.2 Å². The van der Waals surface area contributed by atoms with Crippen LogP contribution in [0.1, 0.15) is 25.1 Å². The fourth-order valence-electron chi connectivity index (χ4n) is 6.92. The third-order valence-corrected chi connectivity index (χ3v) is 10.9. The highest BCUT2D eigenvalue weighted by Crippen LogP contribution is 2.68. The number of aromatic amines is 1. The fourth-order valence-corrected chi connectivity index (χ4v) is 10.1. The number of fused-ring (bicyclic) bond motifs is 9. The van der Waals surface area contributed by atoms with E-state index in [0.717, 1.165) is 16.3 Å². The maximum atomic E-state index is 13.4. The molecule has 0 aromatic carbocycles. The third kappa shape index (κ3) is 2.64. The summed E-state index contributed by atoms with van der Waals surface area (Å²) in [5.74, 6) is -0.700. The number of hydrogen-bond acceptors (Lipinski definition) is 7. The molecule has 4 heterocycles. The molecule has 8 nitrogen and oxygen atoms in total. The predicted molar refractivity (Wildman–Crippen MR) is 114 cm³/mol. The Kier molecular flexibility index (Phi) is 4.31. The van der Waals surface area contributed by atoms with Crippen molar-refractivity contribution in [2.75, 3.05) is 32.8 Å². The normalized spacial score (nSPS) is 37.7. The lowest BCUT2D eigenvalue weighted by Crippen LogP contribution is -2.48. The topological polar surface area (TPSA) is 99.8 Å². The molecule has 10 heteroatoms. The highest BCUT2D eigenvalue weighted by molar-refractivity contribution is 8.00. The van der Waals surface area contributed by atoms with Gasteiger partial charge in [0, 0.05) is 28.6 Å². The number of morpholine rings is 1. The van der Waals surface area contributed by atoms with Crippen LogP contribution in [0, 0.1) is 29.6 Å². The van der Waals surface area contributed by atoms with Gasteiger partial charge in [0.25, 0.3) is 0 Å². The Morgan fingerprint density at radius 3 is 2.52 bits per heavy atom. The summed E-state index contributed by atoms with van der Waals surface area (Å²) in [5.41, 5.74) is -0.222. The number of thioether (sulfide) groups is 1. The molecule has 4 fully saturated rings. The number of nitrogens with zero attached hydrogens (tertiary/aromatic N) is 2. The number of carbonyl (C=O) groups is 3. The van der Waals surface area contributed by atoms with Gasteiger partial charge in [0.2, 0.25) is 17.7 Å². The summed E-state index contributed by atoms with van der Waals surface area (Å²) < 4.78 is 5.30. The van der Waals surface area contributed by atoms with Gasteiger partial charge in [-0.05, 0) is 24.2 Å². The van der Waals surface area contributed by atoms with Crippen molar-refractivity contribution in [1.82, 2.24) is 14.8 Å². The van der Waals surface area contributed by atoms with Gasteiger partial charge in [0.15, 0.2) is 0 Å². The second-order valence-corrected chi connectivity index (χ2v) is 12.0. The summed E-state index contributed by atoms with van der Waals surface area (Å²) in [6, 6.07) is 0. The van der Waals surface area contributed by atoms with Crippen LogP contribution in [0.4, 0.5) is 0 Å². The van der Waals surface area contributed by atoms with Gasteiger partial charge in [-0.25, -0.2) is 0 Å². The van der Waals surface area contributed by atoms with Crippen LogP contribution in [0.2, 0.25) is 0 Å². The van der Waals surface area contributed by atoms with E-state index in [2.05, 4.69) is 18.8 Å². The minimum absolute atomic E-state index is 0.0435. The van der Waals surface area contributed by atoms with E-state index >= 15 is 0 Å². The molecule has 0 radical (unpaired) electrons. The van der Waals surface area contributed by atoms with Crippen molar-refractivity contribution in [3.63, 3.8) is 0 Å². The number of likely N-dealkylation sites (tertiary alicyclic amines) is 1. The van der Waals surface area contributed by atoms with Gasteiger partial charge < -0.3 is 14.6 Å². The highest BCUT2D eigenvalue weighted by Gasteiger charge is 2.70. The molecule has 166 valence electrons. The van der Waals surface area contributed by atoms with Gasteiger partial charge in [-0.1, -0.05) is 25.2 Å². The molecular formula is C21H25N3O5S2. The molecule has 2 aliphatic carbocycles. The van der Waals surface area contributed by atoms with E-state index in [1.165, 1.54) is 16.2 Å². The van der Waals surface area contributed by atoms with Gasteiger partial charge in [-0.15, -0.1) is 11.8 Å². The van der Waals surface area contributed by atoms with Crippen LogP contribution < -0.4 is 4.87 Å². The lowest BCUT2D eigenvalue weighted by molar-refractivity contribution is -0.148. The number of aromatic nitrogens is 1. The lowest BCUT2D eigenvalue weighted by Gasteiger charge is -2.47. The fraction of sp³-hybridized carbons (Fsp3) is 0.714. The van der Waals surface area contributed by atoms with Crippen molar-refractivity contribution in [3.8, 4) is 0 Å². The third-order valence-electron chi connectivity index (χ3n) is 8.14. The molecule has 2 saturated heterocycles. The predicted octanol–water partition coefficient (Wildman–Crippen LogP) is 0.914. The molecule has 1 N–H and O–H groups in total. The van der Waals surface area contributed by atoms with E-state index in [0.29, 0.717) is 26.3 Å². The van der Waals surface area contributed by atoms with E-state index in [1.807, 2.05) is 0 Å². The molecule has 2 bridgehead atoms. The van der Waals surface area contributed by atoms with Crippen LogP contribution in [0.25, 0.3) is 0 Å². The first-order valence-electron chi connectivity index (χ1n) is 10.9. The van der Waals surface area contributed by atoms with E-state index < -0.39 is 0 Å².